The Morgan fingerprint density at radius 3 is 1.53 bits per heavy atom. The van der Waals surface area contributed by atoms with E-state index in [4.69, 9.17) is 0 Å². The van der Waals surface area contributed by atoms with Crippen molar-refractivity contribution in [3.05, 3.63) is 47.9 Å². The Morgan fingerprint density at radius 1 is 0.882 bits per heavy atom. The molecule has 0 aromatic carbocycles. The van der Waals surface area contributed by atoms with Gasteiger partial charge in [-0.2, -0.15) is 0 Å². The Bertz CT molecular complexity index is 271. The van der Waals surface area contributed by atoms with Crippen molar-refractivity contribution in [2.45, 2.75) is 34.4 Å². The van der Waals surface area contributed by atoms with Crippen LogP contribution in [0.15, 0.2) is 47.9 Å². The number of allylic oxidation sites excluding steroid dienone is 6. The van der Waals surface area contributed by atoms with Crippen molar-refractivity contribution < 1.29 is 23.2 Å². The first-order valence-corrected chi connectivity index (χ1v) is 15.6. The second-order valence-corrected chi connectivity index (χ2v) is 14.3. The predicted octanol–water partition coefficient (Wildman–Crippen LogP) is 4.18. The molecule has 0 amide bonds. The van der Waals surface area contributed by atoms with Gasteiger partial charge in [0.25, 0.3) is 0 Å². The van der Waals surface area contributed by atoms with Gasteiger partial charge in [-0.25, -0.2) is 0 Å². The Labute approximate surface area is 122 Å². The molecule has 0 bridgehead atoms. The fraction of sp³-hybridized carbons (Fsp3) is 0.429. The third-order valence-electron chi connectivity index (χ3n) is 2.67. The van der Waals surface area contributed by atoms with Crippen LogP contribution in [-0.2, 0) is 23.2 Å². The standard InChI is InChI=1S/2C7H13Si.Zr/c2*1-5-6-7(2)8(3)4;/h2*5-6,8H,1-2H2,3-4H3;. The van der Waals surface area contributed by atoms with Crippen LogP contribution in [-0.4, -0.2) is 17.6 Å². The number of hydrogen-bond acceptors (Lipinski definition) is 0. The molecule has 0 saturated heterocycles. The molecule has 0 aromatic heterocycles. The van der Waals surface area contributed by atoms with Crippen LogP contribution in [0.25, 0.3) is 0 Å². The van der Waals surface area contributed by atoms with Gasteiger partial charge >= 0.3 is 123 Å². The predicted molar refractivity (Wildman–Crippen MR) is 83.9 cm³/mol. The molecule has 0 heterocycles. The zero-order valence-electron chi connectivity index (χ0n) is 11.8. The minimum absolute atomic E-state index is 0.213. The summed E-state index contributed by atoms with van der Waals surface area (Å²) in [7, 11) is -1.28. The summed E-state index contributed by atoms with van der Waals surface area (Å²) < 4.78 is 2.67. The van der Waals surface area contributed by atoms with Crippen molar-refractivity contribution in [2.75, 3.05) is 0 Å². The Balaban J connectivity index is 3.66. The zero-order chi connectivity index (χ0) is 13.3. The van der Waals surface area contributed by atoms with Gasteiger partial charge in [0.2, 0.25) is 0 Å². The van der Waals surface area contributed by atoms with Gasteiger partial charge in [-0.1, -0.05) is 0 Å². The maximum atomic E-state index is 4.10. The average Bonchev–Trinajstić information content (AvgIpc) is 2.26. The van der Waals surface area contributed by atoms with E-state index in [0.717, 1.165) is 0 Å². The summed E-state index contributed by atoms with van der Waals surface area (Å²) in [4.78, 5) is 0. The minimum atomic E-state index is -0.638. The first-order valence-electron chi connectivity index (χ1n) is 6.36. The summed E-state index contributed by atoms with van der Waals surface area (Å²) in [5, 5.41) is 2.78. The van der Waals surface area contributed by atoms with Crippen molar-refractivity contribution in [2.24, 2.45) is 0 Å². The van der Waals surface area contributed by atoms with Gasteiger partial charge in [0.15, 0.2) is 0 Å². The van der Waals surface area contributed by atoms with Crippen LogP contribution in [0.1, 0.15) is 0 Å². The summed E-state index contributed by atoms with van der Waals surface area (Å²) in [6, 6.07) is 0. The summed E-state index contributed by atoms with van der Waals surface area (Å²) in [6.07, 6.45) is 9.23. The molecule has 0 aromatic rings. The molecule has 0 aliphatic carbocycles. The van der Waals surface area contributed by atoms with Gasteiger partial charge < -0.3 is 0 Å². The van der Waals surface area contributed by atoms with Crippen molar-refractivity contribution >= 4 is 17.6 Å². The molecule has 94 valence electrons. The third-order valence-corrected chi connectivity index (χ3v) is 8.60. The van der Waals surface area contributed by atoms with Crippen molar-refractivity contribution in [1.29, 1.82) is 0 Å². The van der Waals surface area contributed by atoms with Crippen LogP contribution >= 0.6 is 0 Å². The van der Waals surface area contributed by atoms with Gasteiger partial charge in [-0.15, -0.1) is 0 Å². The molecule has 0 saturated carbocycles. The second kappa shape index (κ2) is 10.2. The second-order valence-electron chi connectivity index (χ2n) is 4.92. The van der Waals surface area contributed by atoms with Crippen LogP contribution in [0.2, 0.25) is 34.4 Å². The van der Waals surface area contributed by atoms with E-state index in [1.54, 1.807) is 0 Å². The van der Waals surface area contributed by atoms with Crippen LogP contribution in [0.4, 0.5) is 0 Å². The van der Waals surface area contributed by atoms with Gasteiger partial charge in [-0.05, 0) is 0 Å². The van der Waals surface area contributed by atoms with E-state index in [0.29, 0.717) is 0 Å². The topological polar surface area (TPSA) is 0 Å². The first kappa shape index (κ1) is 17.3. The first-order chi connectivity index (χ1) is 7.95. The van der Waals surface area contributed by atoms with Gasteiger partial charge in [-0.3, -0.25) is 0 Å². The van der Waals surface area contributed by atoms with E-state index in [1.165, 1.54) is 18.7 Å². The normalized spacial score (nSPS) is 11.9. The Morgan fingerprint density at radius 2 is 1.24 bits per heavy atom. The summed E-state index contributed by atoms with van der Waals surface area (Å²) in [6.45, 7) is 17.5. The molecule has 17 heavy (non-hydrogen) atoms. The molecule has 0 atom stereocenters. The van der Waals surface area contributed by atoms with E-state index in [9.17, 15) is 0 Å². The molecular weight excluding hydrogens is 316 g/mol. The molecule has 0 fully saturated rings. The molecule has 0 nitrogen and oxygen atoms in total. The summed E-state index contributed by atoms with van der Waals surface area (Å²) >= 11 is -0.213. The van der Waals surface area contributed by atoms with Crippen LogP contribution in [0, 0.1) is 0 Å². The van der Waals surface area contributed by atoms with Gasteiger partial charge in [0.1, 0.15) is 0 Å². The fourth-order valence-corrected chi connectivity index (χ4v) is 3.91. The molecule has 0 spiro atoms. The van der Waals surface area contributed by atoms with E-state index < -0.39 is 17.6 Å². The summed E-state index contributed by atoms with van der Waals surface area (Å²) in [5.74, 6) is 0. The Hall–Kier alpha value is 0.277. The maximum absolute atomic E-state index is 4.10. The van der Waals surface area contributed by atoms with E-state index in [2.05, 4.69) is 63.6 Å². The molecule has 0 aliphatic heterocycles. The molecule has 0 N–H and O–H groups in total. The monoisotopic (exact) mass is 340 g/mol. The Kier molecular flexibility index (Phi) is 10.4. The van der Waals surface area contributed by atoms with Crippen molar-refractivity contribution in [3.63, 3.8) is 0 Å². The average molecular weight is 342 g/mol. The molecule has 0 unspecified atom stereocenters. The van der Waals surface area contributed by atoms with Crippen molar-refractivity contribution in [3.8, 4) is 0 Å². The molecule has 0 aliphatic rings. The van der Waals surface area contributed by atoms with Crippen LogP contribution in [0.3, 0.4) is 0 Å². The van der Waals surface area contributed by atoms with Crippen LogP contribution in [0.5, 0.6) is 0 Å². The van der Waals surface area contributed by atoms with Gasteiger partial charge in [0, 0.05) is 0 Å². The molecular formula is C14H26Si2Zr. The van der Waals surface area contributed by atoms with E-state index in [-0.39, 0.29) is 23.2 Å². The summed E-state index contributed by atoms with van der Waals surface area (Å²) in [5.41, 5.74) is 0. The molecule has 3 heteroatoms. The molecule has 0 rings (SSSR count). The quantitative estimate of drug-likeness (QED) is 0.353. The zero-order valence-corrected chi connectivity index (χ0v) is 16.6. The fourth-order valence-electron chi connectivity index (χ4n) is 1.06. The van der Waals surface area contributed by atoms with E-state index in [1.807, 2.05) is 0 Å². The van der Waals surface area contributed by atoms with Crippen LogP contribution < -0.4 is 0 Å². The number of rotatable bonds is 8. The van der Waals surface area contributed by atoms with E-state index >= 15 is 0 Å². The molecule has 0 radical (unpaired) electrons. The third kappa shape index (κ3) is 9.93. The number of hydrogen-bond donors (Lipinski definition) is 0. The SMILES string of the molecule is C=C(C=C[CH2][Zr][CH2]C=CC(=C)[SiH](C)C)[SiH](C)C. The van der Waals surface area contributed by atoms with Gasteiger partial charge in [0.05, 0.1) is 0 Å². The van der Waals surface area contributed by atoms with Crippen molar-refractivity contribution in [1.82, 2.24) is 0 Å².